The van der Waals surface area contributed by atoms with Crippen molar-refractivity contribution in [1.29, 1.82) is 0 Å². The molecule has 0 aromatic heterocycles. The highest BCUT2D eigenvalue weighted by Crippen LogP contribution is 2.32. The Balaban J connectivity index is 2.62. The maximum Gasteiger partial charge on any atom is 0.0381 e. The van der Waals surface area contributed by atoms with E-state index in [1.165, 1.54) is 41.5 Å². The molecule has 1 aliphatic carbocycles. The first-order valence-corrected chi connectivity index (χ1v) is 5.13. The summed E-state index contributed by atoms with van der Waals surface area (Å²) in [6.45, 7) is 4.38. The van der Waals surface area contributed by atoms with E-state index in [1.54, 1.807) is 0 Å². The second-order valence-electron chi connectivity index (χ2n) is 3.93. The molecule has 0 amide bonds. The van der Waals surface area contributed by atoms with Gasteiger partial charge in [-0.3, -0.25) is 0 Å². The fraction of sp³-hybridized carbons (Fsp3) is 0.500. The topological polar surface area (TPSA) is 26.0 Å². The molecule has 0 spiro atoms. The molecule has 1 aromatic rings. The van der Waals surface area contributed by atoms with E-state index < -0.39 is 0 Å². The summed E-state index contributed by atoms with van der Waals surface area (Å²) in [6.07, 6.45) is 4.76. The highest BCUT2D eigenvalue weighted by atomic mass is 14.6. The molecular weight excluding hydrogens is 158 g/mol. The van der Waals surface area contributed by atoms with Gasteiger partial charge in [-0.1, -0.05) is 13.0 Å². The maximum absolute atomic E-state index is 6.11. The Morgan fingerprint density at radius 1 is 1.31 bits per heavy atom. The minimum Gasteiger partial charge on any atom is -0.398 e. The largest absolute Gasteiger partial charge is 0.398 e. The lowest BCUT2D eigenvalue weighted by atomic mass is 9.97. The van der Waals surface area contributed by atoms with Gasteiger partial charge in [-0.2, -0.15) is 0 Å². The summed E-state index contributed by atoms with van der Waals surface area (Å²) in [5, 5.41) is 0. The highest BCUT2D eigenvalue weighted by molar-refractivity contribution is 5.61. The van der Waals surface area contributed by atoms with Crippen LogP contribution in [0.25, 0.3) is 0 Å². The Hall–Kier alpha value is -0.980. The van der Waals surface area contributed by atoms with E-state index >= 15 is 0 Å². The van der Waals surface area contributed by atoms with E-state index in [1.807, 2.05) is 0 Å². The summed E-state index contributed by atoms with van der Waals surface area (Å²) < 4.78 is 0. The summed E-state index contributed by atoms with van der Waals surface area (Å²) in [5.74, 6) is 0. The second-order valence-corrected chi connectivity index (χ2v) is 3.93. The third kappa shape index (κ3) is 1.23. The predicted octanol–water partition coefficient (Wildman–Crippen LogP) is 2.63. The van der Waals surface area contributed by atoms with Crippen molar-refractivity contribution in [2.75, 3.05) is 5.73 Å². The standard InChI is InChI=1S/C12H17N/c1-3-9-7-8(2)10-5-4-6-11(10)12(9)13/h7H,3-6,13H2,1-2H3. The quantitative estimate of drug-likeness (QED) is 0.652. The zero-order chi connectivity index (χ0) is 9.42. The molecule has 1 nitrogen and oxygen atoms in total. The monoisotopic (exact) mass is 175 g/mol. The SMILES string of the molecule is CCc1cc(C)c2c(c1N)CCC2. The predicted molar refractivity (Wildman–Crippen MR) is 57.0 cm³/mol. The first-order valence-electron chi connectivity index (χ1n) is 5.13. The summed E-state index contributed by atoms with van der Waals surface area (Å²) >= 11 is 0. The van der Waals surface area contributed by atoms with Gasteiger partial charge in [0.25, 0.3) is 0 Å². The Morgan fingerprint density at radius 3 is 2.69 bits per heavy atom. The van der Waals surface area contributed by atoms with Crippen LogP contribution in [0.5, 0.6) is 0 Å². The number of rotatable bonds is 1. The average molecular weight is 175 g/mol. The van der Waals surface area contributed by atoms with Crippen molar-refractivity contribution in [2.24, 2.45) is 0 Å². The molecule has 0 radical (unpaired) electrons. The number of hydrogen-bond donors (Lipinski definition) is 1. The molecule has 0 heterocycles. The van der Waals surface area contributed by atoms with Crippen LogP contribution in [-0.4, -0.2) is 0 Å². The van der Waals surface area contributed by atoms with Crippen LogP contribution in [0.3, 0.4) is 0 Å². The van der Waals surface area contributed by atoms with Gasteiger partial charge in [0, 0.05) is 5.69 Å². The number of anilines is 1. The van der Waals surface area contributed by atoms with Crippen LogP contribution in [-0.2, 0) is 19.3 Å². The van der Waals surface area contributed by atoms with Crippen LogP contribution < -0.4 is 5.73 Å². The number of nitrogens with two attached hydrogens (primary N) is 1. The van der Waals surface area contributed by atoms with Gasteiger partial charge in [0.1, 0.15) is 0 Å². The van der Waals surface area contributed by atoms with Crippen molar-refractivity contribution < 1.29 is 0 Å². The summed E-state index contributed by atoms with van der Waals surface area (Å²) in [5.41, 5.74) is 12.9. The van der Waals surface area contributed by atoms with Gasteiger partial charge >= 0.3 is 0 Å². The molecule has 0 atom stereocenters. The zero-order valence-electron chi connectivity index (χ0n) is 8.48. The second kappa shape index (κ2) is 3.06. The smallest absolute Gasteiger partial charge is 0.0381 e. The molecule has 0 saturated heterocycles. The van der Waals surface area contributed by atoms with Crippen LogP contribution in [0, 0.1) is 6.92 Å². The molecule has 0 fully saturated rings. The summed E-state index contributed by atoms with van der Waals surface area (Å²) in [4.78, 5) is 0. The molecule has 70 valence electrons. The van der Waals surface area contributed by atoms with Crippen LogP contribution in [0.1, 0.15) is 35.6 Å². The lowest BCUT2D eigenvalue weighted by Crippen LogP contribution is -2.01. The molecule has 1 aromatic carbocycles. The molecule has 0 saturated carbocycles. The normalized spacial score (nSPS) is 14.6. The third-order valence-electron chi connectivity index (χ3n) is 3.14. The molecule has 1 heteroatoms. The minimum atomic E-state index is 1.06. The molecule has 0 bridgehead atoms. The molecule has 1 aliphatic rings. The van der Waals surface area contributed by atoms with Gasteiger partial charge in [0.2, 0.25) is 0 Å². The zero-order valence-corrected chi connectivity index (χ0v) is 8.48. The average Bonchev–Trinajstić information content (AvgIpc) is 2.60. The molecule has 0 aliphatic heterocycles. The van der Waals surface area contributed by atoms with Crippen molar-refractivity contribution in [1.82, 2.24) is 0 Å². The minimum absolute atomic E-state index is 1.06. The van der Waals surface area contributed by atoms with E-state index in [4.69, 9.17) is 5.73 Å². The fourth-order valence-corrected chi connectivity index (χ4v) is 2.39. The molecule has 2 rings (SSSR count). The van der Waals surface area contributed by atoms with Crippen molar-refractivity contribution in [3.05, 3.63) is 28.3 Å². The number of aryl methyl sites for hydroxylation is 2. The molecule has 0 unspecified atom stereocenters. The van der Waals surface area contributed by atoms with Gasteiger partial charge in [0.15, 0.2) is 0 Å². The van der Waals surface area contributed by atoms with Crippen LogP contribution in [0.15, 0.2) is 6.07 Å². The molecule has 13 heavy (non-hydrogen) atoms. The summed E-state index contributed by atoms with van der Waals surface area (Å²) in [6, 6.07) is 2.26. The van der Waals surface area contributed by atoms with Crippen LogP contribution >= 0.6 is 0 Å². The Kier molecular flexibility index (Phi) is 2.03. The van der Waals surface area contributed by atoms with E-state index in [2.05, 4.69) is 19.9 Å². The molecular formula is C12H17N. The molecule has 2 N–H and O–H groups in total. The lowest BCUT2D eigenvalue weighted by molar-refractivity contribution is 0.910. The Bertz CT molecular complexity index is 339. The van der Waals surface area contributed by atoms with Crippen LogP contribution in [0.4, 0.5) is 5.69 Å². The van der Waals surface area contributed by atoms with Crippen LogP contribution in [0.2, 0.25) is 0 Å². The van der Waals surface area contributed by atoms with E-state index in [9.17, 15) is 0 Å². The van der Waals surface area contributed by atoms with Crippen molar-refractivity contribution >= 4 is 5.69 Å². The first-order chi connectivity index (χ1) is 6.24. The van der Waals surface area contributed by atoms with Crippen molar-refractivity contribution in [2.45, 2.75) is 39.5 Å². The van der Waals surface area contributed by atoms with Gasteiger partial charge < -0.3 is 5.73 Å². The van der Waals surface area contributed by atoms with Gasteiger partial charge in [-0.05, 0) is 54.9 Å². The van der Waals surface area contributed by atoms with E-state index in [0.717, 1.165) is 12.1 Å². The maximum atomic E-state index is 6.11. The fourth-order valence-electron chi connectivity index (χ4n) is 2.39. The number of nitrogen functional groups attached to an aromatic ring is 1. The highest BCUT2D eigenvalue weighted by Gasteiger charge is 2.17. The number of benzene rings is 1. The van der Waals surface area contributed by atoms with Gasteiger partial charge in [-0.15, -0.1) is 0 Å². The van der Waals surface area contributed by atoms with E-state index in [0.29, 0.717) is 0 Å². The van der Waals surface area contributed by atoms with E-state index in [-0.39, 0.29) is 0 Å². The first kappa shape index (κ1) is 8.61. The lowest BCUT2D eigenvalue weighted by Gasteiger charge is -2.12. The number of fused-ring (bicyclic) bond motifs is 1. The Morgan fingerprint density at radius 2 is 2.00 bits per heavy atom. The van der Waals surface area contributed by atoms with Crippen molar-refractivity contribution in [3.8, 4) is 0 Å². The van der Waals surface area contributed by atoms with Gasteiger partial charge in [0.05, 0.1) is 0 Å². The number of hydrogen-bond acceptors (Lipinski definition) is 1. The van der Waals surface area contributed by atoms with Gasteiger partial charge in [-0.25, -0.2) is 0 Å². The summed E-state index contributed by atoms with van der Waals surface area (Å²) in [7, 11) is 0. The third-order valence-corrected chi connectivity index (χ3v) is 3.14. The Labute approximate surface area is 80.0 Å². The van der Waals surface area contributed by atoms with Crippen molar-refractivity contribution in [3.63, 3.8) is 0 Å².